The third-order valence-electron chi connectivity index (χ3n) is 2.50. The predicted octanol–water partition coefficient (Wildman–Crippen LogP) is 1.68. The molecule has 3 aromatic rings. The van der Waals surface area contributed by atoms with Crippen molar-refractivity contribution >= 4 is 10.9 Å². The molecule has 6 heteroatoms. The van der Waals surface area contributed by atoms with Crippen molar-refractivity contribution < 1.29 is 9.36 Å². The van der Waals surface area contributed by atoms with Crippen LogP contribution in [0.15, 0.2) is 40.9 Å². The van der Waals surface area contributed by atoms with E-state index in [0.29, 0.717) is 17.4 Å². The average Bonchev–Trinajstić information content (AvgIpc) is 2.87. The van der Waals surface area contributed by atoms with Crippen molar-refractivity contribution in [1.29, 1.82) is 0 Å². The van der Waals surface area contributed by atoms with E-state index in [2.05, 4.69) is 20.0 Å². The van der Waals surface area contributed by atoms with Crippen molar-refractivity contribution in [2.45, 2.75) is 6.61 Å². The quantitative estimate of drug-likeness (QED) is 0.703. The summed E-state index contributed by atoms with van der Waals surface area (Å²) in [6, 6.07) is 11.6. The Labute approximate surface area is 102 Å². The highest BCUT2D eigenvalue weighted by atomic mass is 16.6. The third-order valence-corrected chi connectivity index (χ3v) is 2.50. The second-order valence-corrected chi connectivity index (χ2v) is 3.71. The lowest BCUT2D eigenvalue weighted by Crippen LogP contribution is -1.98. The lowest BCUT2D eigenvalue weighted by atomic mass is 10.2. The number of pyridine rings is 1. The molecule has 0 unspecified atom stereocenters. The van der Waals surface area contributed by atoms with E-state index in [1.807, 2.05) is 36.4 Å². The molecule has 0 bridgehead atoms. The third kappa shape index (κ3) is 1.94. The summed E-state index contributed by atoms with van der Waals surface area (Å²) in [7, 11) is 0. The Kier molecular flexibility index (Phi) is 2.71. The fourth-order valence-corrected chi connectivity index (χ4v) is 1.68. The molecule has 0 radical (unpaired) electrons. The van der Waals surface area contributed by atoms with Gasteiger partial charge in [-0.25, -0.2) is 10.9 Å². The standard InChI is InChI=1S/C12H10N4O2/c13-17-7-11-15-12(16-18-11)10-6-5-8-3-1-2-4-9(8)14-10/h1-6H,7,13H2. The number of hydrogen-bond donors (Lipinski definition) is 1. The van der Waals surface area contributed by atoms with Gasteiger partial charge in [0.05, 0.1) is 5.52 Å². The van der Waals surface area contributed by atoms with Crippen LogP contribution in [0.5, 0.6) is 0 Å². The van der Waals surface area contributed by atoms with Crippen LogP contribution in [0.3, 0.4) is 0 Å². The molecule has 90 valence electrons. The van der Waals surface area contributed by atoms with Crippen LogP contribution in [0.2, 0.25) is 0 Å². The SMILES string of the molecule is NOCc1nc(-c2ccc3ccccc3n2)no1. The van der Waals surface area contributed by atoms with Crippen LogP contribution >= 0.6 is 0 Å². The smallest absolute Gasteiger partial charge is 0.255 e. The van der Waals surface area contributed by atoms with Gasteiger partial charge in [-0.15, -0.1) is 0 Å². The first-order valence-corrected chi connectivity index (χ1v) is 5.37. The van der Waals surface area contributed by atoms with Crippen molar-refractivity contribution in [3.8, 4) is 11.5 Å². The Morgan fingerprint density at radius 1 is 1.11 bits per heavy atom. The first kappa shape index (κ1) is 10.8. The molecule has 2 N–H and O–H groups in total. The van der Waals surface area contributed by atoms with Crippen molar-refractivity contribution in [1.82, 2.24) is 15.1 Å². The number of nitrogens with two attached hydrogens (primary N) is 1. The van der Waals surface area contributed by atoms with Gasteiger partial charge in [-0.05, 0) is 12.1 Å². The zero-order valence-electron chi connectivity index (χ0n) is 9.41. The molecule has 0 atom stereocenters. The molecule has 6 nitrogen and oxygen atoms in total. The van der Waals surface area contributed by atoms with E-state index < -0.39 is 0 Å². The Hall–Kier alpha value is -2.31. The Bertz CT molecular complexity index is 680. The Balaban J connectivity index is 2.02. The van der Waals surface area contributed by atoms with Crippen LogP contribution in [0.25, 0.3) is 22.4 Å². The molecule has 0 aliphatic carbocycles. The van der Waals surface area contributed by atoms with E-state index in [4.69, 9.17) is 10.4 Å². The highest BCUT2D eigenvalue weighted by molar-refractivity contribution is 5.80. The van der Waals surface area contributed by atoms with Crippen LogP contribution in [-0.2, 0) is 11.4 Å². The summed E-state index contributed by atoms with van der Waals surface area (Å²) in [4.78, 5) is 13.0. The minimum atomic E-state index is 0.0839. The van der Waals surface area contributed by atoms with Gasteiger partial charge in [-0.1, -0.05) is 29.4 Å². The molecule has 0 amide bonds. The minimum absolute atomic E-state index is 0.0839. The van der Waals surface area contributed by atoms with E-state index >= 15 is 0 Å². The van der Waals surface area contributed by atoms with Crippen molar-refractivity contribution in [3.05, 3.63) is 42.3 Å². The fraction of sp³-hybridized carbons (Fsp3) is 0.0833. The summed E-state index contributed by atoms with van der Waals surface area (Å²) >= 11 is 0. The second-order valence-electron chi connectivity index (χ2n) is 3.71. The summed E-state index contributed by atoms with van der Waals surface area (Å²) in [6.45, 7) is 0.0839. The van der Waals surface area contributed by atoms with Gasteiger partial charge in [0.15, 0.2) is 0 Å². The molecule has 0 spiro atoms. The Morgan fingerprint density at radius 2 is 2.00 bits per heavy atom. The lowest BCUT2D eigenvalue weighted by Gasteiger charge is -1.98. The summed E-state index contributed by atoms with van der Waals surface area (Å²) in [5.74, 6) is 5.69. The van der Waals surface area contributed by atoms with E-state index in [1.54, 1.807) is 0 Å². The number of rotatable bonds is 3. The largest absolute Gasteiger partial charge is 0.336 e. The molecule has 0 saturated carbocycles. The van der Waals surface area contributed by atoms with Gasteiger partial charge < -0.3 is 4.52 Å². The number of para-hydroxylation sites is 1. The molecule has 2 heterocycles. The van der Waals surface area contributed by atoms with Gasteiger partial charge >= 0.3 is 0 Å². The first-order valence-electron chi connectivity index (χ1n) is 5.37. The average molecular weight is 242 g/mol. The van der Waals surface area contributed by atoms with Gasteiger partial charge in [0.2, 0.25) is 5.82 Å². The second kappa shape index (κ2) is 4.52. The van der Waals surface area contributed by atoms with Crippen LogP contribution in [-0.4, -0.2) is 15.1 Å². The number of benzene rings is 1. The minimum Gasteiger partial charge on any atom is -0.336 e. The highest BCUT2D eigenvalue weighted by Crippen LogP contribution is 2.18. The Morgan fingerprint density at radius 3 is 2.89 bits per heavy atom. The van der Waals surface area contributed by atoms with Gasteiger partial charge in [0, 0.05) is 5.39 Å². The lowest BCUT2D eigenvalue weighted by molar-refractivity contribution is 0.0996. The molecule has 0 saturated heterocycles. The maximum Gasteiger partial charge on any atom is 0.255 e. The monoisotopic (exact) mass is 242 g/mol. The molecular weight excluding hydrogens is 232 g/mol. The molecule has 0 aliphatic heterocycles. The number of hydrogen-bond acceptors (Lipinski definition) is 6. The number of fused-ring (bicyclic) bond motifs is 1. The summed E-state index contributed by atoms with van der Waals surface area (Å²) < 4.78 is 4.97. The zero-order valence-corrected chi connectivity index (χ0v) is 9.41. The molecule has 0 aliphatic rings. The molecule has 2 aromatic heterocycles. The van der Waals surface area contributed by atoms with Gasteiger partial charge in [-0.3, -0.25) is 4.84 Å². The zero-order chi connectivity index (χ0) is 12.4. The van der Waals surface area contributed by atoms with E-state index in [0.717, 1.165) is 10.9 Å². The van der Waals surface area contributed by atoms with Crippen molar-refractivity contribution in [3.63, 3.8) is 0 Å². The van der Waals surface area contributed by atoms with Crippen LogP contribution in [0, 0.1) is 0 Å². The van der Waals surface area contributed by atoms with E-state index in [-0.39, 0.29) is 6.61 Å². The molecule has 1 aromatic carbocycles. The number of aromatic nitrogens is 3. The summed E-state index contributed by atoms with van der Waals surface area (Å²) in [5, 5.41) is 4.89. The molecule has 3 rings (SSSR count). The van der Waals surface area contributed by atoms with Crippen LogP contribution < -0.4 is 5.90 Å². The van der Waals surface area contributed by atoms with Crippen LogP contribution in [0.1, 0.15) is 5.89 Å². The highest BCUT2D eigenvalue weighted by Gasteiger charge is 2.10. The number of nitrogens with zero attached hydrogens (tertiary/aromatic N) is 3. The van der Waals surface area contributed by atoms with Gasteiger partial charge in [-0.2, -0.15) is 4.98 Å². The van der Waals surface area contributed by atoms with Crippen molar-refractivity contribution in [2.75, 3.05) is 0 Å². The first-order chi connectivity index (χ1) is 8.86. The summed E-state index contributed by atoms with van der Waals surface area (Å²) in [5.41, 5.74) is 1.54. The molecule has 18 heavy (non-hydrogen) atoms. The molecular formula is C12H10N4O2. The predicted molar refractivity (Wildman–Crippen MR) is 64.0 cm³/mol. The fourth-order valence-electron chi connectivity index (χ4n) is 1.68. The van der Waals surface area contributed by atoms with Crippen molar-refractivity contribution in [2.24, 2.45) is 5.90 Å². The van der Waals surface area contributed by atoms with Gasteiger partial charge in [0.1, 0.15) is 12.3 Å². The van der Waals surface area contributed by atoms with E-state index in [1.165, 1.54) is 0 Å². The van der Waals surface area contributed by atoms with Gasteiger partial charge in [0.25, 0.3) is 5.89 Å². The topological polar surface area (TPSA) is 87.1 Å². The van der Waals surface area contributed by atoms with E-state index in [9.17, 15) is 0 Å². The normalized spacial score (nSPS) is 10.9. The maximum atomic E-state index is 4.97. The molecule has 0 fully saturated rings. The maximum absolute atomic E-state index is 4.97. The van der Waals surface area contributed by atoms with Crippen LogP contribution in [0.4, 0.5) is 0 Å². The summed E-state index contributed by atoms with van der Waals surface area (Å²) in [6.07, 6.45) is 0.